The van der Waals surface area contributed by atoms with Crippen LogP contribution in [0.5, 0.6) is 5.75 Å². The van der Waals surface area contributed by atoms with Crippen molar-refractivity contribution in [3.8, 4) is 5.75 Å². The average molecular weight is 198 g/mol. The molecular formula is C9H11FN2O2. The fourth-order valence-corrected chi connectivity index (χ4v) is 1.01. The molecule has 0 spiro atoms. The Morgan fingerprint density at radius 3 is 2.86 bits per heavy atom. The minimum absolute atomic E-state index is 0.174. The van der Waals surface area contributed by atoms with E-state index in [1.54, 1.807) is 6.07 Å². The monoisotopic (exact) mass is 198 g/mol. The molecule has 0 saturated carbocycles. The number of nitrogens with two attached hydrogens (primary N) is 1. The number of rotatable bonds is 3. The maximum atomic E-state index is 13.1. The van der Waals surface area contributed by atoms with Gasteiger partial charge in [0, 0.05) is 6.54 Å². The summed E-state index contributed by atoms with van der Waals surface area (Å²) >= 11 is 0. The van der Waals surface area contributed by atoms with Crippen LogP contribution >= 0.6 is 0 Å². The predicted molar refractivity (Wildman–Crippen MR) is 49.4 cm³/mol. The number of amides is 2. The Balaban J connectivity index is 2.71. The second-order valence-electron chi connectivity index (χ2n) is 2.69. The van der Waals surface area contributed by atoms with E-state index >= 15 is 0 Å². The molecule has 1 aromatic carbocycles. The number of carbonyl (C=O) groups is 1. The van der Waals surface area contributed by atoms with Crippen molar-refractivity contribution < 1.29 is 13.9 Å². The summed E-state index contributed by atoms with van der Waals surface area (Å²) < 4.78 is 17.8. The molecule has 0 saturated heterocycles. The zero-order valence-corrected chi connectivity index (χ0v) is 7.71. The third kappa shape index (κ3) is 2.62. The van der Waals surface area contributed by atoms with Crippen molar-refractivity contribution in [2.75, 3.05) is 7.11 Å². The Bertz CT molecular complexity index is 342. The number of urea groups is 1. The molecule has 0 aromatic heterocycles. The van der Waals surface area contributed by atoms with Crippen LogP contribution in [0.1, 0.15) is 5.56 Å². The molecule has 5 heteroatoms. The van der Waals surface area contributed by atoms with E-state index in [-0.39, 0.29) is 12.3 Å². The number of benzene rings is 1. The van der Waals surface area contributed by atoms with Gasteiger partial charge in [0.15, 0.2) is 11.6 Å². The standard InChI is InChI=1S/C9H11FN2O2/c1-14-8-3-2-6(4-7(8)10)5-12-9(11)13/h2-4H,5H2,1H3,(H3,11,12,13). The molecule has 0 aliphatic carbocycles. The Kier molecular flexibility index (Phi) is 3.28. The second-order valence-corrected chi connectivity index (χ2v) is 2.69. The number of primary amides is 1. The quantitative estimate of drug-likeness (QED) is 0.761. The Hall–Kier alpha value is -1.78. The Morgan fingerprint density at radius 2 is 2.36 bits per heavy atom. The van der Waals surface area contributed by atoms with Gasteiger partial charge in [0.05, 0.1) is 7.11 Å². The normalized spacial score (nSPS) is 9.57. The van der Waals surface area contributed by atoms with E-state index in [2.05, 4.69) is 5.32 Å². The van der Waals surface area contributed by atoms with Crippen molar-refractivity contribution >= 4 is 6.03 Å². The SMILES string of the molecule is COc1ccc(CNC(N)=O)cc1F. The molecule has 0 bridgehead atoms. The number of carbonyl (C=O) groups excluding carboxylic acids is 1. The molecule has 0 unspecified atom stereocenters. The van der Waals surface area contributed by atoms with Crippen LogP contribution in [0.15, 0.2) is 18.2 Å². The number of hydrogen-bond acceptors (Lipinski definition) is 2. The van der Waals surface area contributed by atoms with Crippen LogP contribution in [-0.4, -0.2) is 13.1 Å². The third-order valence-electron chi connectivity index (χ3n) is 1.68. The van der Waals surface area contributed by atoms with Crippen LogP contribution in [-0.2, 0) is 6.54 Å². The number of hydrogen-bond donors (Lipinski definition) is 2. The molecular weight excluding hydrogens is 187 g/mol. The van der Waals surface area contributed by atoms with Crippen molar-refractivity contribution in [1.82, 2.24) is 5.32 Å². The summed E-state index contributed by atoms with van der Waals surface area (Å²) in [5.74, 6) is -0.288. The van der Waals surface area contributed by atoms with Gasteiger partial charge >= 0.3 is 6.03 Å². The fourth-order valence-electron chi connectivity index (χ4n) is 1.01. The third-order valence-corrected chi connectivity index (χ3v) is 1.68. The number of nitrogens with one attached hydrogen (secondary N) is 1. The van der Waals surface area contributed by atoms with Crippen LogP contribution in [0.25, 0.3) is 0 Å². The predicted octanol–water partition coefficient (Wildman–Crippen LogP) is 1.00. The highest BCUT2D eigenvalue weighted by atomic mass is 19.1. The maximum absolute atomic E-state index is 13.1. The molecule has 14 heavy (non-hydrogen) atoms. The van der Waals surface area contributed by atoms with Crippen LogP contribution in [0.3, 0.4) is 0 Å². The summed E-state index contributed by atoms with van der Waals surface area (Å²) in [5.41, 5.74) is 5.49. The van der Waals surface area contributed by atoms with E-state index in [4.69, 9.17) is 10.5 Å². The van der Waals surface area contributed by atoms with E-state index < -0.39 is 11.8 Å². The lowest BCUT2D eigenvalue weighted by molar-refractivity contribution is 0.248. The van der Waals surface area contributed by atoms with E-state index in [0.717, 1.165) is 0 Å². The molecule has 4 nitrogen and oxygen atoms in total. The zero-order valence-electron chi connectivity index (χ0n) is 7.71. The lowest BCUT2D eigenvalue weighted by atomic mass is 10.2. The molecule has 2 amide bonds. The van der Waals surface area contributed by atoms with Gasteiger partial charge in [0.2, 0.25) is 0 Å². The fraction of sp³-hybridized carbons (Fsp3) is 0.222. The van der Waals surface area contributed by atoms with Gasteiger partial charge in [-0.2, -0.15) is 0 Å². The van der Waals surface area contributed by atoms with Crippen LogP contribution in [0.4, 0.5) is 9.18 Å². The van der Waals surface area contributed by atoms with Gasteiger partial charge in [-0.3, -0.25) is 0 Å². The number of halogens is 1. The van der Waals surface area contributed by atoms with Crippen molar-refractivity contribution in [2.24, 2.45) is 5.73 Å². The van der Waals surface area contributed by atoms with Crippen molar-refractivity contribution in [3.05, 3.63) is 29.6 Å². The van der Waals surface area contributed by atoms with E-state index in [1.165, 1.54) is 19.2 Å². The summed E-state index contributed by atoms with van der Waals surface area (Å²) in [6.07, 6.45) is 0. The molecule has 0 radical (unpaired) electrons. The molecule has 1 aromatic rings. The molecule has 0 heterocycles. The average Bonchev–Trinajstić information content (AvgIpc) is 2.15. The maximum Gasteiger partial charge on any atom is 0.312 e. The molecule has 76 valence electrons. The first-order valence-corrected chi connectivity index (χ1v) is 3.99. The van der Waals surface area contributed by atoms with E-state index in [9.17, 15) is 9.18 Å². The number of ether oxygens (including phenoxy) is 1. The largest absolute Gasteiger partial charge is 0.494 e. The molecule has 1 rings (SSSR count). The first-order valence-electron chi connectivity index (χ1n) is 3.99. The van der Waals surface area contributed by atoms with Crippen LogP contribution in [0, 0.1) is 5.82 Å². The summed E-state index contributed by atoms with van der Waals surface area (Å²) in [4.78, 5) is 10.4. The lowest BCUT2D eigenvalue weighted by Gasteiger charge is -2.05. The molecule has 3 N–H and O–H groups in total. The summed E-state index contributed by atoms with van der Waals surface area (Å²) in [6.45, 7) is 0.205. The molecule has 0 aliphatic rings. The topological polar surface area (TPSA) is 64.3 Å². The van der Waals surface area contributed by atoms with Crippen LogP contribution in [0.2, 0.25) is 0 Å². The molecule has 0 fully saturated rings. The Morgan fingerprint density at radius 1 is 1.64 bits per heavy atom. The molecule has 0 atom stereocenters. The highest BCUT2D eigenvalue weighted by Gasteiger charge is 2.03. The highest BCUT2D eigenvalue weighted by Crippen LogP contribution is 2.17. The van der Waals surface area contributed by atoms with Gasteiger partial charge in [-0.05, 0) is 17.7 Å². The van der Waals surface area contributed by atoms with Gasteiger partial charge in [-0.25, -0.2) is 9.18 Å². The van der Waals surface area contributed by atoms with Gasteiger partial charge < -0.3 is 15.8 Å². The smallest absolute Gasteiger partial charge is 0.312 e. The molecule has 0 aliphatic heterocycles. The van der Waals surface area contributed by atoms with Crippen LogP contribution < -0.4 is 15.8 Å². The number of methoxy groups -OCH3 is 1. The highest BCUT2D eigenvalue weighted by molar-refractivity contribution is 5.71. The van der Waals surface area contributed by atoms with Crippen molar-refractivity contribution in [2.45, 2.75) is 6.54 Å². The minimum atomic E-state index is -0.638. The van der Waals surface area contributed by atoms with Gasteiger partial charge in [-0.15, -0.1) is 0 Å². The van der Waals surface area contributed by atoms with Crippen molar-refractivity contribution in [3.63, 3.8) is 0 Å². The van der Waals surface area contributed by atoms with Gasteiger partial charge in [0.25, 0.3) is 0 Å². The van der Waals surface area contributed by atoms with Gasteiger partial charge in [0.1, 0.15) is 0 Å². The first kappa shape index (κ1) is 10.3. The van der Waals surface area contributed by atoms with E-state index in [0.29, 0.717) is 5.56 Å². The van der Waals surface area contributed by atoms with Crippen molar-refractivity contribution in [1.29, 1.82) is 0 Å². The second kappa shape index (κ2) is 4.45. The summed E-state index contributed by atoms with van der Waals surface area (Å²) in [6, 6.07) is 3.79. The van der Waals surface area contributed by atoms with Gasteiger partial charge in [-0.1, -0.05) is 6.07 Å². The minimum Gasteiger partial charge on any atom is -0.494 e. The lowest BCUT2D eigenvalue weighted by Crippen LogP contribution is -2.28. The van der Waals surface area contributed by atoms with E-state index in [1.807, 2.05) is 0 Å². The zero-order chi connectivity index (χ0) is 10.6. The first-order chi connectivity index (χ1) is 6.63. The Labute approximate surface area is 80.9 Å². The summed E-state index contributed by atoms with van der Waals surface area (Å²) in [7, 11) is 1.39. The summed E-state index contributed by atoms with van der Waals surface area (Å²) in [5, 5.41) is 2.36.